The molecule has 3 aromatic rings. The number of halogens is 1. The van der Waals surface area contributed by atoms with E-state index in [0.717, 1.165) is 48.5 Å². The van der Waals surface area contributed by atoms with E-state index in [4.69, 9.17) is 14.6 Å². The SMILES string of the molecule is CC1COc2cc(O)ccc21.COC(C)=O.Oc1ccc(Oc2ccc(F)c3c2CCC3)cc1. The van der Waals surface area contributed by atoms with Gasteiger partial charge in [0.05, 0.1) is 13.7 Å². The predicted molar refractivity (Wildman–Crippen MR) is 126 cm³/mol. The first-order valence-electron chi connectivity index (χ1n) is 11.1. The predicted octanol–water partition coefficient (Wildman–Crippen LogP) is 5.88. The van der Waals surface area contributed by atoms with Gasteiger partial charge in [-0.3, -0.25) is 4.79 Å². The normalized spacial score (nSPS) is 14.9. The second kappa shape index (κ2) is 11.4. The van der Waals surface area contributed by atoms with Crippen LogP contribution in [0.15, 0.2) is 54.6 Å². The number of benzene rings is 3. The van der Waals surface area contributed by atoms with Crippen LogP contribution in [0.5, 0.6) is 28.7 Å². The highest BCUT2D eigenvalue weighted by Crippen LogP contribution is 2.36. The highest BCUT2D eigenvalue weighted by atomic mass is 19.1. The largest absolute Gasteiger partial charge is 0.508 e. The summed E-state index contributed by atoms with van der Waals surface area (Å²) in [6.07, 6.45) is 2.62. The Morgan fingerprint density at radius 1 is 1.00 bits per heavy atom. The number of rotatable bonds is 2. The molecule has 0 spiro atoms. The van der Waals surface area contributed by atoms with Crippen LogP contribution in [0.2, 0.25) is 0 Å². The number of hydrogen-bond donors (Lipinski definition) is 2. The van der Waals surface area contributed by atoms with Crippen molar-refractivity contribution in [1.82, 2.24) is 0 Å². The third-order valence-corrected chi connectivity index (χ3v) is 5.55. The van der Waals surface area contributed by atoms with Crippen molar-refractivity contribution in [3.05, 3.63) is 77.1 Å². The maximum absolute atomic E-state index is 13.6. The van der Waals surface area contributed by atoms with E-state index in [0.29, 0.717) is 11.7 Å². The summed E-state index contributed by atoms with van der Waals surface area (Å²) in [6.45, 7) is 4.21. The number of phenolic OH excluding ortho intramolecular Hbond substituents is 2. The molecule has 1 atom stereocenters. The van der Waals surface area contributed by atoms with E-state index in [1.54, 1.807) is 42.5 Å². The minimum atomic E-state index is -0.245. The molecule has 6 nitrogen and oxygen atoms in total. The summed E-state index contributed by atoms with van der Waals surface area (Å²) in [7, 11) is 1.35. The number of methoxy groups -OCH3 is 1. The molecular formula is C27H29FO6. The zero-order valence-electron chi connectivity index (χ0n) is 19.5. The number of carbonyl (C=O) groups is 1. The number of phenols is 2. The van der Waals surface area contributed by atoms with Crippen molar-refractivity contribution in [2.45, 2.75) is 39.0 Å². The van der Waals surface area contributed by atoms with Gasteiger partial charge in [0, 0.05) is 30.0 Å². The minimum absolute atomic E-state index is 0.138. The molecule has 0 amide bonds. The maximum Gasteiger partial charge on any atom is 0.302 e. The Bertz CT molecular complexity index is 1130. The molecule has 180 valence electrons. The number of aromatic hydroxyl groups is 2. The van der Waals surface area contributed by atoms with Gasteiger partial charge in [-0.1, -0.05) is 13.0 Å². The van der Waals surface area contributed by atoms with Crippen LogP contribution in [0.4, 0.5) is 4.39 Å². The van der Waals surface area contributed by atoms with Crippen molar-refractivity contribution in [2.24, 2.45) is 0 Å². The summed E-state index contributed by atoms with van der Waals surface area (Å²) < 4.78 is 28.8. The Balaban J connectivity index is 0.000000172. The van der Waals surface area contributed by atoms with Crippen molar-refractivity contribution >= 4 is 5.97 Å². The molecule has 1 unspecified atom stereocenters. The first kappa shape index (κ1) is 24.9. The Labute approximate surface area is 198 Å². The molecule has 1 aliphatic carbocycles. The zero-order valence-corrected chi connectivity index (χ0v) is 19.5. The summed E-state index contributed by atoms with van der Waals surface area (Å²) in [5.41, 5.74) is 2.96. The second-order valence-corrected chi connectivity index (χ2v) is 8.08. The summed E-state index contributed by atoms with van der Waals surface area (Å²) in [6, 6.07) is 14.9. The van der Waals surface area contributed by atoms with Crippen LogP contribution in [0.1, 0.15) is 42.9 Å². The van der Waals surface area contributed by atoms with Gasteiger partial charge in [-0.25, -0.2) is 4.39 Å². The van der Waals surface area contributed by atoms with E-state index in [2.05, 4.69) is 11.7 Å². The molecule has 0 aromatic heterocycles. The molecule has 1 aliphatic heterocycles. The fraction of sp³-hybridized carbons (Fsp3) is 0.296. The van der Waals surface area contributed by atoms with Gasteiger partial charge in [0.15, 0.2) is 0 Å². The van der Waals surface area contributed by atoms with Crippen molar-refractivity contribution in [1.29, 1.82) is 0 Å². The molecule has 0 saturated heterocycles. The lowest BCUT2D eigenvalue weighted by atomic mass is 10.0. The van der Waals surface area contributed by atoms with Crippen molar-refractivity contribution in [2.75, 3.05) is 13.7 Å². The number of esters is 1. The van der Waals surface area contributed by atoms with Crippen LogP contribution < -0.4 is 9.47 Å². The van der Waals surface area contributed by atoms with Crippen LogP contribution in [0, 0.1) is 5.82 Å². The van der Waals surface area contributed by atoms with Gasteiger partial charge in [0.25, 0.3) is 0 Å². The average Bonchev–Trinajstić information content (AvgIpc) is 3.46. The Hall–Kier alpha value is -3.74. The fourth-order valence-corrected chi connectivity index (χ4v) is 3.73. The topological polar surface area (TPSA) is 85.2 Å². The van der Waals surface area contributed by atoms with Gasteiger partial charge < -0.3 is 24.4 Å². The Morgan fingerprint density at radius 2 is 1.65 bits per heavy atom. The monoisotopic (exact) mass is 468 g/mol. The molecule has 0 bridgehead atoms. The fourth-order valence-electron chi connectivity index (χ4n) is 3.73. The smallest absolute Gasteiger partial charge is 0.302 e. The summed E-state index contributed by atoms with van der Waals surface area (Å²) in [5.74, 6) is 2.75. The Kier molecular flexibility index (Phi) is 8.35. The maximum atomic E-state index is 13.6. The van der Waals surface area contributed by atoms with Crippen LogP contribution in [0.3, 0.4) is 0 Å². The molecule has 0 radical (unpaired) electrons. The van der Waals surface area contributed by atoms with Crippen LogP contribution in [-0.2, 0) is 22.4 Å². The third kappa shape index (κ3) is 6.41. The lowest BCUT2D eigenvalue weighted by Gasteiger charge is -2.11. The number of hydrogen-bond acceptors (Lipinski definition) is 6. The van der Waals surface area contributed by atoms with E-state index < -0.39 is 0 Å². The molecule has 3 aromatic carbocycles. The van der Waals surface area contributed by atoms with Gasteiger partial charge in [0.2, 0.25) is 0 Å². The van der Waals surface area contributed by atoms with E-state index in [-0.39, 0.29) is 23.3 Å². The van der Waals surface area contributed by atoms with Gasteiger partial charge in [-0.15, -0.1) is 0 Å². The van der Waals surface area contributed by atoms with Crippen molar-refractivity contribution in [3.63, 3.8) is 0 Å². The molecule has 0 saturated carbocycles. The summed E-state index contributed by atoms with van der Waals surface area (Å²) >= 11 is 0. The van der Waals surface area contributed by atoms with E-state index >= 15 is 0 Å². The van der Waals surface area contributed by atoms with Gasteiger partial charge in [-0.05, 0) is 67.3 Å². The first-order chi connectivity index (χ1) is 16.3. The van der Waals surface area contributed by atoms with Crippen molar-refractivity contribution in [3.8, 4) is 28.7 Å². The average molecular weight is 469 g/mol. The van der Waals surface area contributed by atoms with Gasteiger partial charge >= 0.3 is 5.97 Å². The standard InChI is InChI=1S/C15H13FO2.C9H10O2.C3H6O2/c16-14-8-9-15(13-3-1-2-12(13)14)18-11-6-4-10(17)5-7-11;1-6-5-11-9-4-7(10)2-3-8(6)9;1-3(4)5-2/h4-9,17H,1-3H2;2-4,6,10H,5H2,1H3;1-2H3. The molecule has 0 fully saturated rings. The molecule has 5 rings (SSSR count). The molecule has 1 heterocycles. The Morgan fingerprint density at radius 3 is 2.32 bits per heavy atom. The van der Waals surface area contributed by atoms with Crippen LogP contribution in [-0.4, -0.2) is 29.9 Å². The van der Waals surface area contributed by atoms with E-state index in [9.17, 15) is 14.3 Å². The third-order valence-electron chi connectivity index (χ3n) is 5.55. The quantitative estimate of drug-likeness (QED) is 0.457. The molecule has 2 N–H and O–H groups in total. The van der Waals surface area contributed by atoms with E-state index in [1.807, 2.05) is 6.07 Å². The highest BCUT2D eigenvalue weighted by Gasteiger charge is 2.20. The molecular weight excluding hydrogens is 439 g/mol. The van der Waals surface area contributed by atoms with Crippen molar-refractivity contribution < 1.29 is 33.6 Å². The van der Waals surface area contributed by atoms with Crippen LogP contribution >= 0.6 is 0 Å². The highest BCUT2D eigenvalue weighted by molar-refractivity contribution is 5.65. The first-order valence-corrected chi connectivity index (χ1v) is 11.1. The summed E-state index contributed by atoms with van der Waals surface area (Å²) in [4.78, 5) is 9.59. The zero-order chi connectivity index (χ0) is 24.7. The lowest BCUT2D eigenvalue weighted by molar-refractivity contribution is -0.137. The molecule has 34 heavy (non-hydrogen) atoms. The second-order valence-electron chi connectivity index (χ2n) is 8.08. The number of fused-ring (bicyclic) bond motifs is 2. The molecule has 7 heteroatoms. The number of carbonyl (C=O) groups excluding carboxylic acids is 1. The molecule has 2 aliphatic rings. The minimum Gasteiger partial charge on any atom is -0.508 e. The van der Waals surface area contributed by atoms with E-state index in [1.165, 1.54) is 25.7 Å². The summed E-state index contributed by atoms with van der Waals surface area (Å²) in [5, 5.41) is 18.3. The van der Waals surface area contributed by atoms with Gasteiger partial charge in [-0.2, -0.15) is 0 Å². The lowest BCUT2D eigenvalue weighted by Crippen LogP contribution is -1.93. The number of ether oxygens (including phenoxy) is 3. The van der Waals surface area contributed by atoms with Gasteiger partial charge in [0.1, 0.15) is 34.6 Å². The van der Waals surface area contributed by atoms with Crippen LogP contribution in [0.25, 0.3) is 0 Å².